The molecular weight excluding hydrogens is 845 g/mol. The lowest BCUT2D eigenvalue weighted by Gasteiger charge is -2.33. The number of rotatable bonds is 11. The highest BCUT2D eigenvalue weighted by atomic mass is 16.7. The quantitative estimate of drug-likeness (QED) is 0.270. The Hall–Kier alpha value is -5.50. The molecule has 6 heterocycles. The van der Waals surface area contributed by atoms with Gasteiger partial charge >= 0.3 is 24.2 Å². The maximum atomic E-state index is 12.9. The van der Waals surface area contributed by atoms with Crippen molar-refractivity contribution in [3.63, 3.8) is 0 Å². The van der Waals surface area contributed by atoms with Crippen LogP contribution >= 0.6 is 0 Å². The number of fused-ring (bicyclic) bond motifs is 4. The van der Waals surface area contributed by atoms with Crippen molar-refractivity contribution in [2.75, 3.05) is 52.4 Å². The molecule has 1 aromatic rings. The predicted octanol–water partition coefficient (Wildman–Crippen LogP) is 3.70. The van der Waals surface area contributed by atoms with Crippen LogP contribution in [0.3, 0.4) is 0 Å². The van der Waals surface area contributed by atoms with E-state index in [0.29, 0.717) is 82.6 Å². The summed E-state index contributed by atoms with van der Waals surface area (Å²) < 4.78 is 10.8. The Kier molecular flexibility index (Phi) is 15.6. The van der Waals surface area contributed by atoms with E-state index >= 15 is 0 Å². The van der Waals surface area contributed by atoms with Gasteiger partial charge in [-0.25, -0.2) is 24.2 Å². The monoisotopic (exact) mass is 910 g/mol. The number of likely N-dealkylation sites (tertiary alicyclic amines) is 2. The van der Waals surface area contributed by atoms with E-state index in [2.05, 4.69) is 10.6 Å². The van der Waals surface area contributed by atoms with Gasteiger partial charge in [-0.05, 0) is 98.5 Å². The lowest BCUT2D eigenvalue weighted by molar-refractivity contribution is -0.140. The van der Waals surface area contributed by atoms with Gasteiger partial charge in [0.1, 0.15) is 29.9 Å². The number of benzene rings is 1. The summed E-state index contributed by atoms with van der Waals surface area (Å²) in [6.45, 7) is 13.2. The van der Waals surface area contributed by atoms with E-state index in [-0.39, 0.29) is 86.1 Å². The largest absolute Gasteiger partial charge is 0.444 e. The highest BCUT2D eigenvalue weighted by Crippen LogP contribution is 2.31. The molecule has 20 heteroatoms. The Bertz CT molecular complexity index is 1940. The smallest absolute Gasteiger partial charge is 0.410 e. The normalized spacial score (nSPS) is 25.4. The molecule has 0 radical (unpaired) electrons. The SMILES string of the molecule is CC(C)(C)OC(=O)N1CCC[C@@H](C(=O)CNC(=O)[C@@H]2CC[C@@H]3CN2C(=O)N3O)C1.CC(C)(C)OC(=O)N1CCC[C@@H](C(=O)CNC(=O)[C@@H]2CC[C@@H]3CN2C(=O)N3OCc2ccccc2)C1. The van der Waals surface area contributed by atoms with Crippen LogP contribution in [0.2, 0.25) is 0 Å². The molecule has 20 nitrogen and oxygen atoms in total. The third kappa shape index (κ3) is 12.7. The number of nitrogens with zero attached hydrogens (tertiary/aromatic N) is 6. The molecule has 0 unspecified atom stereocenters. The molecule has 6 fully saturated rings. The number of nitrogens with one attached hydrogen (secondary N) is 2. The Morgan fingerprint density at radius 3 is 1.58 bits per heavy atom. The summed E-state index contributed by atoms with van der Waals surface area (Å²) in [5, 5.41) is 17.1. The number of carbonyl (C=O) groups excluding carboxylic acids is 8. The Morgan fingerprint density at radius 2 is 1.09 bits per heavy atom. The van der Waals surface area contributed by atoms with Crippen molar-refractivity contribution in [2.45, 2.75) is 135 Å². The summed E-state index contributed by atoms with van der Waals surface area (Å²) >= 11 is 0. The van der Waals surface area contributed by atoms with Gasteiger partial charge < -0.3 is 39.7 Å². The molecule has 8 amide bonds. The molecule has 6 aliphatic heterocycles. The fraction of sp³-hybridized carbons (Fsp3) is 0.689. The van der Waals surface area contributed by atoms with Crippen LogP contribution in [0.4, 0.5) is 19.2 Å². The molecule has 65 heavy (non-hydrogen) atoms. The summed E-state index contributed by atoms with van der Waals surface area (Å²) in [5.41, 5.74) is -0.239. The van der Waals surface area contributed by atoms with Gasteiger partial charge in [0, 0.05) is 51.1 Å². The second-order valence-corrected chi connectivity index (χ2v) is 19.7. The van der Waals surface area contributed by atoms with Crippen LogP contribution in [0.5, 0.6) is 0 Å². The Balaban J connectivity index is 0.000000221. The molecule has 358 valence electrons. The molecule has 6 aliphatic rings. The lowest BCUT2D eigenvalue weighted by atomic mass is 9.93. The molecule has 1 aromatic carbocycles. The van der Waals surface area contributed by atoms with Crippen LogP contribution < -0.4 is 10.6 Å². The van der Waals surface area contributed by atoms with Gasteiger partial charge in [-0.2, -0.15) is 5.06 Å². The summed E-state index contributed by atoms with van der Waals surface area (Å²) in [6, 6.07) is 7.06. The van der Waals surface area contributed by atoms with Crippen molar-refractivity contribution >= 4 is 47.6 Å². The second-order valence-electron chi connectivity index (χ2n) is 19.7. The number of hydroxylamine groups is 4. The molecule has 0 aliphatic carbocycles. The molecule has 4 bridgehead atoms. The van der Waals surface area contributed by atoms with Crippen LogP contribution in [-0.2, 0) is 40.1 Å². The molecule has 0 spiro atoms. The van der Waals surface area contributed by atoms with Gasteiger partial charge in [-0.3, -0.25) is 29.2 Å². The van der Waals surface area contributed by atoms with Crippen LogP contribution in [0, 0.1) is 11.8 Å². The maximum Gasteiger partial charge on any atom is 0.410 e. The number of ketones is 2. The Labute approximate surface area is 380 Å². The number of Topliss-reactive ketones (excluding diaryl/α,β-unsaturated/α-hetero) is 2. The number of amides is 8. The Morgan fingerprint density at radius 1 is 0.631 bits per heavy atom. The van der Waals surface area contributed by atoms with Crippen LogP contribution in [0.15, 0.2) is 30.3 Å². The van der Waals surface area contributed by atoms with Crippen molar-refractivity contribution < 1.29 is 57.9 Å². The molecule has 7 rings (SSSR count). The summed E-state index contributed by atoms with van der Waals surface area (Å²) in [7, 11) is 0. The van der Waals surface area contributed by atoms with Gasteiger partial charge in [0.05, 0.1) is 25.2 Å². The van der Waals surface area contributed by atoms with Crippen molar-refractivity contribution in [1.29, 1.82) is 0 Å². The molecule has 6 saturated heterocycles. The fourth-order valence-electron chi connectivity index (χ4n) is 9.05. The minimum absolute atomic E-state index is 0.0898. The number of carbonyl (C=O) groups is 8. The number of ether oxygens (including phenoxy) is 2. The predicted molar refractivity (Wildman–Crippen MR) is 232 cm³/mol. The van der Waals surface area contributed by atoms with Gasteiger partial charge in [0.15, 0.2) is 11.6 Å². The van der Waals surface area contributed by atoms with E-state index < -0.39 is 41.5 Å². The van der Waals surface area contributed by atoms with E-state index in [1.165, 1.54) is 14.9 Å². The molecular formula is C45H66N8O12. The highest BCUT2D eigenvalue weighted by Gasteiger charge is 2.49. The van der Waals surface area contributed by atoms with Gasteiger partial charge in [0.25, 0.3) is 0 Å². The third-order valence-electron chi connectivity index (χ3n) is 12.4. The molecule has 3 N–H and O–H groups in total. The van der Waals surface area contributed by atoms with Crippen molar-refractivity contribution in [2.24, 2.45) is 11.8 Å². The second kappa shape index (κ2) is 20.8. The first-order valence-corrected chi connectivity index (χ1v) is 22.8. The highest BCUT2D eigenvalue weighted by molar-refractivity contribution is 5.93. The van der Waals surface area contributed by atoms with Gasteiger partial charge in [0.2, 0.25) is 11.8 Å². The minimum Gasteiger partial charge on any atom is -0.444 e. The summed E-state index contributed by atoms with van der Waals surface area (Å²) in [6.07, 6.45) is 4.01. The van der Waals surface area contributed by atoms with E-state index in [0.717, 1.165) is 5.56 Å². The van der Waals surface area contributed by atoms with Crippen molar-refractivity contribution in [1.82, 2.24) is 40.4 Å². The van der Waals surface area contributed by atoms with Crippen LogP contribution in [0.25, 0.3) is 0 Å². The average Bonchev–Trinajstić information content (AvgIpc) is 3.64. The molecule has 0 aromatic heterocycles. The summed E-state index contributed by atoms with van der Waals surface area (Å²) in [4.78, 5) is 112. The average molecular weight is 911 g/mol. The standard InChI is InChI=1S/C26H36N4O6.C19H30N4O6/c1-26(2,3)36-25(34)28-13-7-10-19(15-28)22(31)14-27-23(32)21-12-11-20-16-29(21)24(33)30(20)35-17-18-8-5-4-6-9-18;1-19(2,3)29-18(27)21-8-4-5-12(10-21)15(24)9-20-16(25)14-7-6-13-11-22(14)17(26)23(13)28/h4-6,8-9,19-21H,7,10-17H2,1-3H3,(H,27,32);12-14,28H,4-11H2,1-3H3,(H,20,25)/t19-,20-,21+;12-,13-,14+/m11/s1. The van der Waals surface area contributed by atoms with E-state index in [9.17, 15) is 43.6 Å². The van der Waals surface area contributed by atoms with Crippen LogP contribution in [-0.4, -0.2) is 170 Å². The van der Waals surface area contributed by atoms with Crippen molar-refractivity contribution in [3.8, 4) is 0 Å². The first-order chi connectivity index (χ1) is 30.7. The van der Waals surface area contributed by atoms with Crippen molar-refractivity contribution in [3.05, 3.63) is 35.9 Å². The first-order valence-electron chi connectivity index (χ1n) is 22.8. The molecule has 6 atom stereocenters. The third-order valence-corrected chi connectivity index (χ3v) is 12.4. The van der Waals surface area contributed by atoms with E-state index in [1.54, 1.807) is 51.3 Å². The zero-order valence-electron chi connectivity index (χ0n) is 38.5. The number of piperidine rings is 4. The number of hydrogen-bond acceptors (Lipinski definition) is 12. The van der Waals surface area contributed by atoms with Gasteiger partial charge in [-0.1, -0.05) is 30.3 Å². The topological polar surface area (TPSA) is 228 Å². The van der Waals surface area contributed by atoms with Gasteiger partial charge in [-0.15, -0.1) is 0 Å². The maximum absolute atomic E-state index is 12.9. The first kappa shape index (κ1) is 48.9. The van der Waals surface area contributed by atoms with E-state index in [1.807, 2.05) is 30.3 Å². The van der Waals surface area contributed by atoms with E-state index in [4.69, 9.17) is 14.3 Å². The molecule has 0 saturated carbocycles. The van der Waals surface area contributed by atoms with Crippen LogP contribution in [0.1, 0.15) is 98.5 Å². The summed E-state index contributed by atoms with van der Waals surface area (Å²) in [5.74, 6) is -1.69. The minimum atomic E-state index is -0.673. The zero-order chi connectivity index (χ0) is 47.2. The fourth-order valence-corrected chi connectivity index (χ4v) is 9.05. The lowest BCUT2D eigenvalue weighted by Crippen LogP contribution is -2.51. The number of hydrogen-bond donors (Lipinski definition) is 3. The zero-order valence-corrected chi connectivity index (χ0v) is 38.5. The number of urea groups is 2.